The fourth-order valence-electron chi connectivity index (χ4n) is 3.12. The summed E-state index contributed by atoms with van der Waals surface area (Å²) in [7, 11) is 0. The third-order valence-corrected chi connectivity index (χ3v) is 4.95. The second kappa shape index (κ2) is 12.5. The molecule has 0 unspecified atom stereocenters. The zero-order chi connectivity index (χ0) is 25.3. The molecule has 1 heterocycles. The smallest absolute Gasteiger partial charge is 0.251 e. The van der Waals surface area contributed by atoms with Crippen molar-refractivity contribution in [1.82, 2.24) is 20.1 Å². The van der Waals surface area contributed by atoms with E-state index >= 15 is 0 Å². The summed E-state index contributed by atoms with van der Waals surface area (Å²) in [4.78, 5) is 12.9. The maximum Gasteiger partial charge on any atom is 0.251 e. The summed E-state index contributed by atoms with van der Waals surface area (Å²) in [6, 6.07) is 11.7. The Labute approximate surface area is 204 Å². The van der Waals surface area contributed by atoms with Crippen molar-refractivity contribution in [2.45, 2.75) is 80.7 Å². The highest BCUT2D eigenvalue weighted by Crippen LogP contribution is 2.29. The molecule has 180 valence electrons. The Balaban J connectivity index is 0.00000129. The predicted octanol–water partition coefficient (Wildman–Crippen LogP) is 7.60. The molecule has 0 saturated heterocycles. The van der Waals surface area contributed by atoms with Gasteiger partial charge in [0.15, 0.2) is 0 Å². The molecule has 0 radical (unpaired) electrons. The number of carbonyl (C=O) groups excluding carboxylic acids is 1. The van der Waals surface area contributed by atoms with E-state index in [0.717, 1.165) is 33.2 Å². The summed E-state index contributed by atoms with van der Waals surface area (Å²) < 4.78 is 1.94. The molecule has 0 fully saturated rings. The molecule has 33 heavy (non-hydrogen) atoms. The van der Waals surface area contributed by atoms with Gasteiger partial charge in [-0.3, -0.25) is 9.36 Å². The quantitative estimate of drug-likeness (QED) is 0.427. The van der Waals surface area contributed by atoms with Gasteiger partial charge in [0.2, 0.25) is 0 Å². The lowest BCUT2D eigenvalue weighted by molar-refractivity contribution is 0.0919. The molecular formula is C27H39ClN4O. The van der Waals surface area contributed by atoms with Crippen molar-refractivity contribution >= 4 is 17.5 Å². The topological polar surface area (TPSA) is 59.8 Å². The van der Waals surface area contributed by atoms with E-state index < -0.39 is 0 Å². The van der Waals surface area contributed by atoms with E-state index in [2.05, 4.69) is 29.4 Å². The van der Waals surface area contributed by atoms with Crippen LogP contribution < -0.4 is 5.32 Å². The van der Waals surface area contributed by atoms with E-state index in [4.69, 9.17) is 11.6 Å². The highest BCUT2D eigenvalue weighted by Gasteiger charge is 2.19. The molecule has 3 aromatic rings. The third-order valence-electron chi connectivity index (χ3n) is 4.53. The van der Waals surface area contributed by atoms with Crippen LogP contribution in [-0.4, -0.2) is 26.2 Å². The number of nitrogens with zero attached hydrogens (tertiary/aromatic N) is 3. The Morgan fingerprint density at radius 1 is 1.00 bits per heavy atom. The summed E-state index contributed by atoms with van der Waals surface area (Å²) in [6.45, 7) is 20.0. The van der Waals surface area contributed by atoms with Gasteiger partial charge in [-0.05, 0) is 74.7 Å². The van der Waals surface area contributed by atoms with Crippen molar-refractivity contribution in [3.63, 3.8) is 0 Å². The van der Waals surface area contributed by atoms with Crippen LogP contribution in [0.15, 0.2) is 42.7 Å². The summed E-state index contributed by atoms with van der Waals surface area (Å²) in [5.74, 6) is 0.924. The van der Waals surface area contributed by atoms with Gasteiger partial charge in [-0.1, -0.05) is 59.2 Å². The Bertz CT molecular complexity index is 1050. The van der Waals surface area contributed by atoms with Gasteiger partial charge < -0.3 is 5.32 Å². The van der Waals surface area contributed by atoms with Crippen LogP contribution in [0.5, 0.6) is 0 Å². The second-order valence-corrected chi connectivity index (χ2v) is 9.06. The number of benzene rings is 2. The first kappa shape index (κ1) is 28.4. The minimum absolute atomic E-state index is 0.120. The van der Waals surface area contributed by atoms with Gasteiger partial charge >= 0.3 is 0 Å². The van der Waals surface area contributed by atoms with Gasteiger partial charge in [-0.15, -0.1) is 10.2 Å². The molecule has 0 aliphatic heterocycles. The molecule has 0 aliphatic carbocycles. The first-order valence-electron chi connectivity index (χ1n) is 11.7. The van der Waals surface area contributed by atoms with E-state index in [1.165, 1.54) is 0 Å². The number of amides is 1. The van der Waals surface area contributed by atoms with E-state index in [1.807, 2.05) is 96.4 Å². The third kappa shape index (κ3) is 7.71. The van der Waals surface area contributed by atoms with Crippen molar-refractivity contribution in [1.29, 1.82) is 0 Å². The fraction of sp³-hybridized carbons (Fsp3) is 0.444. The van der Waals surface area contributed by atoms with Crippen LogP contribution in [-0.2, 0) is 0 Å². The second-order valence-electron chi connectivity index (χ2n) is 8.65. The molecule has 0 saturated carbocycles. The van der Waals surface area contributed by atoms with Crippen LogP contribution in [0.3, 0.4) is 0 Å². The first-order valence-corrected chi connectivity index (χ1v) is 12.1. The molecule has 5 nitrogen and oxygen atoms in total. The Hall–Kier alpha value is -2.66. The number of hydrogen-bond acceptors (Lipinski definition) is 3. The lowest BCUT2D eigenvalue weighted by Gasteiger charge is -2.21. The van der Waals surface area contributed by atoms with Crippen molar-refractivity contribution in [3.05, 3.63) is 64.7 Å². The van der Waals surface area contributed by atoms with Crippen molar-refractivity contribution in [2.24, 2.45) is 0 Å². The SMILES string of the molecule is CC.CC.Cc1cc(-c2cc(C(=O)NC(C)(C)C)cc(-n3cnnc3C(C)C)c2)ccc1Cl. The van der Waals surface area contributed by atoms with Gasteiger partial charge in [0, 0.05) is 27.7 Å². The van der Waals surface area contributed by atoms with Gasteiger partial charge in [0.1, 0.15) is 12.2 Å². The molecule has 1 N–H and O–H groups in total. The summed E-state index contributed by atoms with van der Waals surface area (Å²) in [5, 5.41) is 12.1. The molecule has 1 aromatic heterocycles. The molecular weight excluding hydrogens is 432 g/mol. The minimum Gasteiger partial charge on any atom is -0.347 e. The zero-order valence-corrected chi connectivity index (χ0v) is 22.5. The molecule has 0 aliphatic rings. The van der Waals surface area contributed by atoms with E-state index in [9.17, 15) is 4.79 Å². The first-order chi connectivity index (χ1) is 15.5. The maximum atomic E-state index is 12.9. The van der Waals surface area contributed by atoms with Gasteiger partial charge in [-0.25, -0.2) is 0 Å². The maximum absolute atomic E-state index is 12.9. The zero-order valence-electron chi connectivity index (χ0n) is 21.7. The number of hydrogen-bond donors (Lipinski definition) is 1. The number of aromatic nitrogens is 3. The average molecular weight is 471 g/mol. The van der Waals surface area contributed by atoms with E-state index in [-0.39, 0.29) is 17.4 Å². The lowest BCUT2D eigenvalue weighted by Crippen LogP contribution is -2.40. The average Bonchev–Trinajstić information content (AvgIpc) is 3.27. The number of halogens is 1. The fourth-order valence-corrected chi connectivity index (χ4v) is 3.24. The minimum atomic E-state index is -0.330. The van der Waals surface area contributed by atoms with E-state index in [1.54, 1.807) is 6.33 Å². The summed E-state index contributed by atoms with van der Waals surface area (Å²) >= 11 is 6.21. The largest absolute Gasteiger partial charge is 0.347 e. The van der Waals surface area contributed by atoms with Crippen LogP contribution in [0, 0.1) is 6.92 Å². The molecule has 3 rings (SSSR count). The monoisotopic (exact) mass is 470 g/mol. The van der Waals surface area contributed by atoms with Crippen molar-refractivity contribution in [3.8, 4) is 16.8 Å². The number of aryl methyl sites for hydroxylation is 1. The van der Waals surface area contributed by atoms with Crippen LogP contribution in [0.2, 0.25) is 5.02 Å². The molecule has 0 atom stereocenters. The van der Waals surface area contributed by atoms with Crippen LogP contribution in [0.25, 0.3) is 16.8 Å². The Kier molecular flexibility index (Phi) is 10.8. The Morgan fingerprint density at radius 3 is 2.18 bits per heavy atom. The molecule has 6 heteroatoms. The molecule has 0 spiro atoms. The van der Waals surface area contributed by atoms with Crippen LogP contribution in [0.4, 0.5) is 0 Å². The van der Waals surface area contributed by atoms with Gasteiger partial charge in [0.05, 0.1) is 0 Å². The van der Waals surface area contributed by atoms with Gasteiger partial charge in [0.25, 0.3) is 5.91 Å². The van der Waals surface area contributed by atoms with Gasteiger partial charge in [-0.2, -0.15) is 0 Å². The predicted molar refractivity (Wildman–Crippen MR) is 141 cm³/mol. The molecule has 0 bridgehead atoms. The molecule has 1 amide bonds. The van der Waals surface area contributed by atoms with E-state index in [0.29, 0.717) is 5.56 Å². The lowest BCUT2D eigenvalue weighted by atomic mass is 9.99. The molecule has 2 aromatic carbocycles. The summed E-state index contributed by atoms with van der Waals surface area (Å²) in [6.07, 6.45) is 1.69. The van der Waals surface area contributed by atoms with Crippen LogP contribution in [0.1, 0.15) is 90.0 Å². The summed E-state index contributed by atoms with van der Waals surface area (Å²) in [5.41, 5.74) is 4.03. The normalized spacial score (nSPS) is 10.7. The standard InChI is InChI=1S/C23H27ClN4O.2C2H6/c1-14(2)21-27-25-13-28(21)19-11-17(16-7-8-20(24)15(3)9-16)10-18(12-19)22(29)26-23(4,5)6;2*1-2/h7-14H,1-6H3,(H,26,29);2*1-2H3. The number of carbonyl (C=O) groups is 1. The number of nitrogens with one attached hydrogen (secondary N) is 1. The Morgan fingerprint density at radius 2 is 1.64 bits per heavy atom. The number of rotatable bonds is 4. The van der Waals surface area contributed by atoms with Crippen molar-refractivity contribution in [2.75, 3.05) is 0 Å². The highest BCUT2D eigenvalue weighted by molar-refractivity contribution is 6.31. The van der Waals surface area contributed by atoms with Crippen molar-refractivity contribution < 1.29 is 4.79 Å². The van der Waals surface area contributed by atoms with Crippen LogP contribution >= 0.6 is 11.6 Å². The highest BCUT2D eigenvalue weighted by atomic mass is 35.5.